The fourth-order valence-electron chi connectivity index (χ4n) is 2.15. The Balaban J connectivity index is 0.000000696. The molecule has 0 bridgehead atoms. The molecule has 0 amide bonds. The van der Waals surface area contributed by atoms with Gasteiger partial charge in [0.2, 0.25) is 0 Å². The number of carbonyl (C=O) groups is 1. The molecule has 0 fully saturated rings. The molecule has 0 aromatic heterocycles. The summed E-state index contributed by atoms with van der Waals surface area (Å²) in [4.78, 5) is 21.4. The number of hydrogen-bond donors (Lipinski definition) is 0. The van der Waals surface area contributed by atoms with Crippen molar-refractivity contribution in [3.63, 3.8) is 0 Å². The highest BCUT2D eigenvalue weighted by atomic mass is 35.5. The van der Waals surface area contributed by atoms with Gasteiger partial charge >= 0.3 is 6.18 Å². The minimum atomic E-state index is -4.55. The van der Waals surface area contributed by atoms with E-state index in [9.17, 15) is 28.1 Å². The molecule has 2 aromatic carbocycles. The first-order valence-corrected chi connectivity index (χ1v) is 8.71. The molecule has 5 nitrogen and oxygen atoms in total. The number of carbonyl (C=O) groups excluding carboxylic acids is 1. The highest BCUT2D eigenvalue weighted by molar-refractivity contribution is 6.68. The lowest BCUT2D eigenvalue weighted by molar-refractivity contribution is -0.385. The van der Waals surface area contributed by atoms with E-state index in [2.05, 4.69) is 0 Å². The Labute approximate surface area is 169 Å². The third-order valence-corrected chi connectivity index (χ3v) is 3.94. The van der Waals surface area contributed by atoms with Gasteiger partial charge < -0.3 is 4.74 Å². The topological polar surface area (TPSA) is 69.4 Å². The number of benzene rings is 2. The number of rotatable bonds is 5. The zero-order valence-corrected chi connectivity index (χ0v) is 16.4. The summed E-state index contributed by atoms with van der Waals surface area (Å²) in [7, 11) is 0. The molecule has 28 heavy (non-hydrogen) atoms. The summed E-state index contributed by atoms with van der Waals surface area (Å²) in [6.07, 6.45) is -4.55. The fourth-order valence-corrected chi connectivity index (χ4v) is 2.59. The van der Waals surface area contributed by atoms with E-state index in [-0.39, 0.29) is 21.7 Å². The molecule has 0 spiro atoms. The first-order chi connectivity index (χ1) is 13.0. The van der Waals surface area contributed by atoms with E-state index >= 15 is 0 Å². The first kappa shape index (κ1) is 23.9. The van der Waals surface area contributed by atoms with Crippen LogP contribution in [-0.4, -0.2) is 23.4 Å². The van der Waals surface area contributed by atoms with Crippen molar-refractivity contribution in [3.8, 4) is 11.1 Å². The van der Waals surface area contributed by atoms with Gasteiger partial charge in [-0.05, 0) is 55.3 Å². The van der Waals surface area contributed by atoms with Crippen LogP contribution < -0.4 is 0 Å². The van der Waals surface area contributed by atoms with E-state index in [1.165, 1.54) is 6.07 Å². The van der Waals surface area contributed by atoms with Crippen LogP contribution in [0.1, 0.15) is 29.8 Å². The summed E-state index contributed by atoms with van der Waals surface area (Å²) in [5, 5.41) is 9.58. The zero-order chi connectivity index (χ0) is 21.5. The second kappa shape index (κ2) is 10.4. The van der Waals surface area contributed by atoms with Gasteiger partial charge in [0.1, 0.15) is 5.56 Å². The third-order valence-electron chi connectivity index (χ3n) is 3.42. The lowest BCUT2D eigenvalue weighted by atomic mass is 10.0. The maximum absolute atomic E-state index is 12.6. The number of nitrogens with zero attached hydrogens (tertiary/aromatic N) is 1. The van der Waals surface area contributed by atoms with Crippen molar-refractivity contribution in [2.45, 2.75) is 20.0 Å². The van der Waals surface area contributed by atoms with Gasteiger partial charge in [-0.15, -0.1) is 0 Å². The van der Waals surface area contributed by atoms with Crippen LogP contribution in [0.2, 0.25) is 5.02 Å². The minimum Gasteiger partial charge on any atom is -0.382 e. The fraction of sp³-hybridized carbons (Fsp3) is 0.278. The summed E-state index contributed by atoms with van der Waals surface area (Å²) >= 11 is 11.2. The number of alkyl halides is 3. The lowest BCUT2D eigenvalue weighted by Gasteiger charge is -2.10. The average molecular weight is 438 g/mol. The Morgan fingerprint density at radius 2 is 1.75 bits per heavy atom. The number of halogens is 5. The van der Waals surface area contributed by atoms with E-state index in [0.29, 0.717) is 0 Å². The molecule has 0 heterocycles. The molecule has 2 rings (SSSR count). The minimum absolute atomic E-state index is 0.189. The smallest absolute Gasteiger partial charge is 0.382 e. The Hall–Kier alpha value is -2.16. The standard InChI is InChI=1S/C14H6Cl2F3NO3.C4H10O/c15-11-6-8(14(17,18)19)2-3-9(11)7-1-4-12(20(22)23)10(5-7)13(16)21;1-3-5-4-2/h1-6H;3-4H2,1-2H3. The molecular formula is C18H16Cl2F3NO4. The molecule has 0 radical (unpaired) electrons. The van der Waals surface area contributed by atoms with E-state index in [0.717, 1.165) is 43.5 Å². The normalized spacial score (nSPS) is 10.8. The van der Waals surface area contributed by atoms with Crippen molar-refractivity contribution in [2.75, 3.05) is 13.2 Å². The summed E-state index contributed by atoms with van der Waals surface area (Å²) < 4.78 is 42.7. The van der Waals surface area contributed by atoms with Gasteiger partial charge in [-0.25, -0.2) is 0 Å². The maximum Gasteiger partial charge on any atom is 0.416 e. The van der Waals surface area contributed by atoms with Crippen LogP contribution in [0.3, 0.4) is 0 Å². The molecule has 0 unspecified atom stereocenters. The highest BCUT2D eigenvalue weighted by Gasteiger charge is 2.31. The highest BCUT2D eigenvalue weighted by Crippen LogP contribution is 2.36. The van der Waals surface area contributed by atoms with Crippen molar-refractivity contribution in [1.82, 2.24) is 0 Å². The van der Waals surface area contributed by atoms with Gasteiger partial charge in [0.25, 0.3) is 10.9 Å². The molecule has 2 aromatic rings. The second-order valence-electron chi connectivity index (χ2n) is 5.24. The number of nitro benzene ring substituents is 1. The quantitative estimate of drug-likeness (QED) is 0.310. The van der Waals surface area contributed by atoms with Crippen LogP contribution in [0.15, 0.2) is 36.4 Å². The van der Waals surface area contributed by atoms with Crippen molar-refractivity contribution in [1.29, 1.82) is 0 Å². The van der Waals surface area contributed by atoms with Crippen molar-refractivity contribution >= 4 is 34.1 Å². The Morgan fingerprint density at radius 1 is 1.14 bits per heavy atom. The van der Waals surface area contributed by atoms with Crippen LogP contribution >= 0.6 is 23.2 Å². The molecule has 0 saturated carbocycles. The predicted octanol–water partition coefficient (Wildman–Crippen LogP) is 6.36. The van der Waals surface area contributed by atoms with Crippen molar-refractivity contribution < 1.29 is 27.6 Å². The van der Waals surface area contributed by atoms with Crippen LogP contribution in [0.5, 0.6) is 0 Å². The third kappa shape index (κ3) is 6.47. The summed E-state index contributed by atoms with van der Waals surface area (Å²) in [6.45, 7) is 5.67. The largest absolute Gasteiger partial charge is 0.416 e. The summed E-state index contributed by atoms with van der Waals surface area (Å²) in [6, 6.07) is 6.11. The lowest BCUT2D eigenvalue weighted by Crippen LogP contribution is -2.04. The van der Waals surface area contributed by atoms with Gasteiger partial charge in [0.05, 0.1) is 10.5 Å². The molecule has 0 aliphatic rings. The monoisotopic (exact) mass is 437 g/mol. The summed E-state index contributed by atoms with van der Waals surface area (Å²) in [5.41, 5.74) is -1.38. The van der Waals surface area contributed by atoms with Gasteiger partial charge in [0, 0.05) is 29.9 Å². The van der Waals surface area contributed by atoms with Crippen LogP contribution in [-0.2, 0) is 10.9 Å². The van der Waals surface area contributed by atoms with E-state index in [4.69, 9.17) is 27.9 Å². The van der Waals surface area contributed by atoms with E-state index in [1.807, 2.05) is 13.8 Å². The van der Waals surface area contributed by atoms with Gasteiger partial charge in [-0.2, -0.15) is 13.2 Å². The van der Waals surface area contributed by atoms with Crippen molar-refractivity contribution in [3.05, 3.63) is 62.7 Å². The van der Waals surface area contributed by atoms with Gasteiger partial charge in [-0.3, -0.25) is 14.9 Å². The Bertz CT molecular complexity index is 855. The SMILES string of the molecule is CCOCC.O=C(Cl)c1cc(-c2ccc(C(F)(F)F)cc2Cl)ccc1[N+](=O)[O-]. The molecule has 0 aliphatic carbocycles. The second-order valence-corrected chi connectivity index (χ2v) is 5.99. The molecule has 0 saturated heterocycles. The molecule has 152 valence electrons. The predicted molar refractivity (Wildman–Crippen MR) is 101 cm³/mol. The van der Waals surface area contributed by atoms with E-state index < -0.39 is 27.6 Å². The van der Waals surface area contributed by atoms with Crippen molar-refractivity contribution in [2.24, 2.45) is 0 Å². The van der Waals surface area contributed by atoms with Crippen LogP contribution in [0.25, 0.3) is 11.1 Å². The van der Waals surface area contributed by atoms with E-state index in [1.54, 1.807) is 0 Å². The number of nitro groups is 1. The number of hydrogen-bond acceptors (Lipinski definition) is 4. The molecule has 0 aliphatic heterocycles. The first-order valence-electron chi connectivity index (χ1n) is 7.96. The van der Waals surface area contributed by atoms with Crippen LogP contribution in [0.4, 0.5) is 18.9 Å². The number of ether oxygens (including phenoxy) is 1. The molecule has 0 atom stereocenters. The molecule has 0 N–H and O–H groups in total. The van der Waals surface area contributed by atoms with Crippen LogP contribution in [0, 0.1) is 10.1 Å². The molecule has 10 heteroatoms. The Kier molecular flexibility index (Phi) is 8.87. The van der Waals surface area contributed by atoms with Gasteiger partial charge in [-0.1, -0.05) is 17.7 Å². The molecular weight excluding hydrogens is 422 g/mol. The van der Waals surface area contributed by atoms with Gasteiger partial charge in [0.15, 0.2) is 0 Å². The zero-order valence-electron chi connectivity index (χ0n) is 14.8. The average Bonchev–Trinajstić information content (AvgIpc) is 2.61. The Morgan fingerprint density at radius 3 is 2.14 bits per heavy atom. The maximum atomic E-state index is 12.6. The summed E-state index contributed by atoms with van der Waals surface area (Å²) in [5.74, 6) is 0.